The minimum Gasteiger partial charge on any atom is -0.384 e. The summed E-state index contributed by atoms with van der Waals surface area (Å²) in [5.74, 6) is 0. The van der Waals surface area contributed by atoms with Crippen LogP contribution >= 0.6 is 0 Å². The number of benzene rings is 1. The lowest BCUT2D eigenvalue weighted by Crippen LogP contribution is -2.30. The minimum absolute atomic E-state index is 0.325. The van der Waals surface area contributed by atoms with E-state index in [1.807, 2.05) is 12.1 Å². The van der Waals surface area contributed by atoms with Crippen molar-refractivity contribution >= 4 is 15.7 Å². The number of nitrogens with zero attached hydrogens (tertiary/aromatic N) is 2. The van der Waals surface area contributed by atoms with Crippen molar-refractivity contribution in [2.24, 2.45) is 0 Å². The Morgan fingerprint density at radius 2 is 1.81 bits per heavy atom. The van der Waals surface area contributed by atoms with E-state index in [9.17, 15) is 8.42 Å². The molecule has 1 aliphatic carbocycles. The van der Waals surface area contributed by atoms with Crippen molar-refractivity contribution in [2.45, 2.75) is 30.7 Å². The molecule has 21 heavy (non-hydrogen) atoms. The van der Waals surface area contributed by atoms with Crippen molar-refractivity contribution in [1.82, 2.24) is 9.21 Å². The third-order valence-electron chi connectivity index (χ3n) is 3.83. The number of hydrogen-bond donors (Lipinski definition) is 1. The van der Waals surface area contributed by atoms with Crippen LogP contribution in [0.1, 0.15) is 19.8 Å². The summed E-state index contributed by atoms with van der Waals surface area (Å²) in [4.78, 5) is 2.81. The normalized spacial score (nSPS) is 15.7. The molecule has 1 N–H and O–H groups in total. The standard InChI is InChI=1S/C15H25N3O2S/c1-4-18(14-7-8-14)12-11-16-13-5-9-15(10-6-13)21(19,20)17(2)3/h5-6,9-10,14,16H,4,7-8,11-12H2,1-3H3. The van der Waals surface area contributed by atoms with Crippen molar-refractivity contribution in [2.75, 3.05) is 39.0 Å². The molecular weight excluding hydrogens is 286 g/mol. The van der Waals surface area contributed by atoms with Crippen molar-refractivity contribution in [1.29, 1.82) is 0 Å². The Labute approximate surface area is 128 Å². The van der Waals surface area contributed by atoms with Gasteiger partial charge in [-0.3, -0.25) is 4.90 Å². The highest BCUT2D eigenvalue weighted by atomic mass is 32.2. The lowest BCUT2D eigenvalue weighted by atomic mass is 10.3. The average molecular weight is 311 g/mol. The molecular formula is C15H25N3O2S. The van der Waals surface area contributed by atoms with E-state index in [-0.39, 0.29) is 0 Å². The predicted molar refractivity (Wildman–Crippen MR) is 86.1 cm³/mol. The summed E-state index contributed by atoms with van der Waals surface area (Å²) in [7, 11) is -0.256. The fourth-order valence-corrected chi connectivity index (χ4v) is 3.24. The minimum atomic E-state index is -3.34. The van der Waals surface area contributed by atoms with Crippen LogP contribution in [-0.2, 0) is 10.0 Å². The third kappa shape index (κ3) is 4.18. The summed E-state index contributed by atoms with van der Waals surface area (Å²) in [6.45, 7) is 5.19. The Hall–Kier alpha value is -1.11. The van der Waals surface area contributed by atoms with Crippen molar-refractivity contribution < 1.29 is 8.42 Å². The highest BCUT2D eigenvalue weighted by Crippen LogP contribution is 2.26. The Morgan fingerprint density at radius 3 is 2.29 bits per heavy atom. The van der Waals surface area contributed by atoms with Gasteiger partial charge in [0.25, 0.3) is 0 Å². The molecule has 0 amide bonds. The molecule has 0 bridgehead atoms. The maximum atomic E-state index is 12.0. The van der Waals surface area contributed by atoms with Gasteiger partial charge in [-0.15, -0.1) is 0 Å². The summed E-state index contributed by atoms with van der Waals surface area (Å²) in [5.41, 5.74) is 0.958. The second-order valence-electron chi connectivity index (χ2n) is 5.60. The van der Waals surface area contributed by atoms with Crippen molar-refractivity contribution in [3.63, 3.8) is 0 Å². The molecule has 1 saturated carbocycles. The number of nitrogens with one attached hydrogen (secondary N) is 1. The summed E-state index contributed by atoms with van der Waals surface area (Å²) >= 11 is 0. The summed E-state index contributed by atoms with van der Waals surface area (Å²) in [6, 6.07) is 7.73. The van der Waals surface area contributed by atoms with Crippen LogP contribution in [0.2, 0.25) is 0 Å². The highest BCUT2D eigenvalue weighted by Gasteiger charge is 2.27. The van der Waals surface area contributed by atoms with Gasteiger partial charge in [0.05, 0.1) is 4.90 Å². The van der Waals surface area contributed by atoms with Crippen LogP contribution in [0.3, 0.4) is 0 Å². The zero-order valence-electron chi connectivity index (χ0n) is 13.0. The maximum absolute atomic E-state index is 12.0. The Balaban J connectivity index is 1.88. The monoisotopic (exact) mass is 311 g/mol. The van der Waals surface area contributed by atoms with Crippen LogP contribution < -0.4 is 5.32 Å². The average Bonchev–Trinajstić information content (AvgIpc) is 3.28. The van der Waals surface area contributed by atoms with Gasteiger partial charge in [0.1, 0.15) is 0 Å². The first-order valence-electron chi connectivity index (χ1n) is 7.45. The molecule has 6 heteroatoms. The van der Waals surface area contributed by atoms with E-state index in [2.05, 4.69) is 17.1 Å². The van der Waals surface area contributed by atoms with Crippen LogP contribution in [0.4, 0.5) is 5.69 Å². The number of anilines is 1. The number of rotatable bonds is 8. The second-order valence-corrected chi connectivity index (χ2v) is 7.75. The van der Waals surface area contributed by atoms with Gasteiger partial charge in [-0.05, 0) is 43.7 Å². The SMILES string of the molecule is CCN(CCNc1ccc(S(=O)(=O)N(C)C)cc1)C1CC1. The Bertz CT molecular complexity index is 551. The predicted octanol–water partition coefficient (Wildman–Crippen LogP) is 1.83. The first-order chi connectivity index (χ1) is 9.95. The molecule has 0 saturated heterocycles. The van der Waals surface area contributed by atoms with Crippen LogP contribution in [0.5, 0.6) is 0 Å². The smallest absolute Gasteiger partial charge is 0.242 e. The van der Waals surface area contributed by atoms with E-state index >= 15 is 0 Å². The van der Waals surface area contributed by atoms with Gasteiger partial charge in [-0.2, -0.15) is 0 Å². The van der Waals surface area contributed by atoms with Gasteiger partial charge >= 0.3 is 0 Å². The van der Waals surface area contributed by atoms with Crippen molar-refractivity contribution in [3.05, 3.63) is 24.3 Å². The molecule has 118 valence electrons. The van der Waals surface area contributed by atoms with E-state index in [1.165, 1.54) is 17.1 Å². The zero-order chi connectivity index (χ0) is 15.5. The fourth-order valence-electron chi connectivity index (χ4n) is 2.34. The van der Waals surface area contributed by atoms with Gasteiger partial charge in [0, 0.05) is 38.9 Å². The van der Waals surface area contributed by atoms with E-state index < -0.39 is 10.0 Å². The molecule has 0 aliphatic heterocycles. The molecule has 0 aromatic heterocycles. The van der Waals surface area contributed by atoms with E-state index in [0.29, 0.717) is 4.90 Å². The Morgan fingerprint density at radius 1 is 1.19 bits per heavy atom. The Kier molecular flexibility index (Phi) is 5.24. The molecule has 5 nitrogen and oxygen atoms in total. The van der Waals surface area contributed by atoms with Gasteiger partial charge in [0.2, 0.25) is 10.0 Å². The van der Waals surface area contributed by atoms with Gasteiger partial charge < -0.3 is 5.32 Å². The molecule has 0 spiro atoms. The maximum Gasteiger partial charge on any atom is 0.242 e. The number of hydrogen-bond acceptors (Lipinski definition) is 4. The van der Waals surface area contributed by atoms with Gasteiger partial charge in [0.15, 0.2) is 0 Å². The fraction of sp³-hybridized carbons (Fsp3) is 0.600. The third-order valence-corrected chi connectivity index (χ3v) is 5.66. The molecule has 0 radical (unpaired) electrons. The largest absolute Gasteiger partial charge is 0.384 e. The van der Waals surface area contributed by atoms with Gasteiger partial charge in [-0.1, -0.05) is 6.92 Å². The van der Waals surface area contributed by atoms with Crippen LogP contribution in [0, 0.1) is 0 Å². The second kappa shape index (κ2) is 6.77. The molecule has 0 unspecified atom stereocenters. The summed E-state index contributed by atoms with van der Waals surface area (Å²) in [5, 5.41) is 3.35. The van der Waals surface area contributed by atoms with Crippen LogP contribution in [-0.4, -0.2) is 57.4 Å². The number of sulfonamides is 1. The summed E-state index contributed by atoms with van der Waals surface area (Å²) < 4.78 is 25.2. The lowest BCUT2D eigenvalue weighted by Gasteiger charge is -2.20. The van der Waals surface area contributed by atoms with Gasteiger partial charge in [-0.25, -0.2) is 12.7 Å². The summed E-state index contributed by atoms with van der Waals surface area (Å²) in [6.07, 6.45) is 2.65. The molecule has 1 fully saturated rings. The zero-order valence-corrected chi connectivity index (χ0v) is 13.9. The molecule has 1 aliphatic rings. The number of likely N-dealkylation sites (N-methyl/N-ethyl adjacent to an activating group) is 1. The molecule has 0 heterocycles. The first-order valence-corrected chi connectivity index (χ1v) is 8.89. The molecule has 1 aromatic rings. The molecule has 0 atom stereocenters. The van der Waals surface area contributed by atoms with Crippen LogP contribution in [0.25, 0.3) is 0 Å². The van der Waals surface area contributed by atoms with Crippen LogP contribution in [0.15, 0.2) is 29.2 Å². The van der Waals surface area contributed by atoms with Crippen molar-refractivity contribution in [3.8, 4) is 0 Å². The first kappa shape index (κ1) is 16.3. The van der Waals surface area contributed by atoms with E-state index in [0.717, 1.165) is 31.4 Å². The lowest BCUT2D eigenvalue weighted by molar-refractivity contribution is 0.289. The highest BCUT2D eigenvalue weighted by molar-refractivity contribution is 7.89. The van der Waals surface area contributed by atoms with E-state index in [1.54, 1.807) is 26.2 Å². The molecule has 2 rings (SSSR count). The topological polar surface area (TPSA) is 52.7 Å². The quantitative estimate of drug-likeness (QED) is 0.796. The molecule has 1 aromatic carbocycles. The van der Waals surface area contributed by atoms with E-state index in [4.69, 9.17) is 0 Å².